The molecule has 0 nitrogen and oxygen atoms in total. The van der Waals surface area contributed by atoms with E-state index < -0.39 is 7.92 Å². The highest BCUT2D eigenvalue weighted by Crippen LogP contribution is 2.32. The zero-order chi connectivity index (χ0) is 25.8. The molecular formula is C36H51P. The van der Waals surface area contributed by atoms with Crippen molar-refractivity contribution in [2.75, 3.05) is 0 Å². The summed E-state index contributed by atoms with van der Waals surface area (Å²) in [6.45, 7) is 2.30. The Kier molecular flexibility index (Phi) is 15.4. The molecule has 0 radical (unpaired) electrons. The lowest BCUT2D eigenvalue weighted by molar-refractivity contribution is 0.529. The molecule has 0 atom stereocenters. The van der Waals surface area contributed by atoms with E-state index in [1.807, 2.05) is 0 Å². The van der Waals surface area contributed by atoms with Crippen LogP contribution in [0.5, 0.6) is 0 Å². The zero-order valence-electron chi connectivity index (χ0n) is 23.6. The van der Waals surface area contributed by atoms with Gasteiger partial charge in [-0.05, 0) is 42.2 Å². The molecule has 200 valence electrons. The second kappa shape index (κ2) is 19.2. The van der Waals surface area contributed by atoms with E-state index in [0.717, 1.165) is 0 Å². The van der Waals surface area contributed by atoms with Gasteiger partial charge in [0.25, 0.3) is 0 Å². The normalized spacial score (nSPS) is 11.3. The van der Waals surface area contributed by atoms with Gasteiger partial charge in [0.1, 0.15) is 0 Å². The number of hydrogen-bond donors (Lipinski definition) is 0. The molecule has 3 aromatic carbocycles. The van der Waals surface area contributed by atoms with Crippen LogP contribution in [0.4, 0.5) is 0 Å². The third-order valence-electron chi connectivity index (χ3n) is 7.54. The van der Waals surface area contributed by atoms with Gasteiger partial charge in [0.15, 0.2) is 0 Å². The molecule has 0 amide bonds. The minimum absolute atomic E-state index is 0.493. The van der Waals surface area contributed by atoms with E-state index in [1.165, 1.54) is 131 Å². The predicted molar refractivity (Wildman–Crippen MR) is 168 cm³/mol. The van der Waals surface area contributed by atoms with Crippen LogP contribution in [-0.4, -0.2) is 0 Å². The first-order valence-electron chi connectivity index (χ1n) is 15.4. The summed E-state index contributed by atoms with van der Waals surface area (Å²) in [5, 5.41) is 4.30. The Morgan fingerprint density at radius 1 is 0.378 bits per heavy atom. The highest BCUT2D eigenvalue weighted by Gasteiger charge is 2.15. The lowest BCUT2D eigenvalue weighted by atomic mass is 10.0. The third-order valence-corrected chi connectivity index (χ3v) is 9.99. The highest BCUT2D eigenvalue weighted by atomic mass is 31.1. The first-order valence-corrected chi connectivity index (χ1v) is 16.7. The molecule has 3 aromatic rings. The highest BCUT2D eigenvalue weighted by molar-refractivity contribution is 7.79. The summed E-state index contributed by atoms with van der Waals surface area (Å²) in [6, 6.07) is 31.5. The molecule has 3 rings (SSSR count). The summed E-state index contributed by atoms with van der Waals surface area (Å²) in [6.07, 6.45) is 24.1. The smallest absolute Gasteiger partial charge is 0.0134 e. The van der Waals surface area contributed by atoms with Crippen LogP contribution in [0.3, 0.4) is 0 Å². The fourth-order valence-corrected chi connectivity index (χ4v) is 7.57. The van der Waals surface area contributed by atoms with Crippen molar-refractivity contribution in [2.45, 2.75) is 116 Å². The quantitative estimate of drug-likeness (QED) is 0.104. The number of aryl methyl sites for hydroxylation is 1. The summed E-state index contributed by atoms with van der Waals surface area (Å²) in [4.78, 5) is 0. The predicted octanol–water partition coefficient (Wildman–Crippen LogP) is 10.2. The van der Waals surface area contributed by atoms with Crippen LogP contribution in [0.15, 0.2) is 84.9 Å². The molecule has 0 aromatic heterocycles. The molecule has 0 aliphatic rings. The standard InChI is InChI=1S/C36H51P/c1-2-3-4-5-6-7-8-9-10-11-12-13-14-15-16-19-24-33-29-31-36(32-30-33)37(34-25-20-17-21-26-34)35-27-22-18-23-28-35/h17-18,20-23,25-32H,2-16,19,24H2,1H3. The molecule has 0 spiro atoms. The summed E-state index contributed by atoms with van der Waals surface area (Å²) in [5.74, 6) is 0. The van der Waals surface area contributed by atoms with Gasteiger partial charge in [-0.3, -0.25) is 0 Å². The van der Waals surface area contributed by atoms with Crippen molar-refractivity contribution in [3.05, 3.63) is 90.5 Å². The van der Waals surface area contributed by atoms with Gasteiger partial charge in [-0.1, -0.05) is 188 Å². The molecule has 37 heavy (non-hydrogen) atoms. The van der Waals surface area contributed by atoms with Crippen LogP contribution in [0, 0.1) is 0 Å². The van der Waals surface area contributed by atoms with E-state index in [9.17, 15) is 0 Å². The largest absolute Gasteiger partial charge is 0.0654 e. The van der Waals surface area contributed by atoms with E-state index >= 15 is 0 Å². The Morgan fingerprint density at radius 3 is 1.14 bits per heavy atom. The average molecular weight is 515 g/mol. The Bertz CT molecular complexity index is 876. The topological polar surface area (TPSA) is 0 Å². The second-order valence-electron chi connectivity index (χ2n) is 10.7. The fraction of sp³-hybridized carbons (Fsp3) is 0.500. The maximum Gasteiger partial charge on any atom is -0.0134 e. The van der Waals surface area contributed by atoms with Crippen molar-refractivity contribution in [3.8, 4) is 0 Å². The second-order valence-corrected chi connectivity index (χ2v) is 12.9. The monoisotopic (exact) mass is 514 g/mol. The zero-order valence-corrected chi connectivity index (χ0v) is 24.4. The van der Waals surface area contributed by atoms with Crippen molar-refractivity contribution < 1.29 is 0 Å². The van der Waals surface area contributed by atoms with Gasteiger partial charge < -0.3 is 0 Å². The molecule has 0 N–H and O–H groups in total. The molecule has 0 saturated carbocycles. The first-order chi connectivity index (χ1) is 18.4. The average Bonchev–Trinajstić information content (AvgIpc) is 2.95. The molecule has 1 heteroatoms. The van der Waals surface area contributed by atoms with Gasteiger partial charge in [-0.25, -0.2) is 0 Å². The molecule has 0 aliphatic heterocycles. The van der Waals surface area contributed by atoms with Crippen LogP contribution < -0.4 is 15.9 Å². The number of unbranched alkanes of at least 4 members (excludes halogenated alkanes) is 15. The van der Waals surface area contributed by atoms with Crippen molar-refractivity contribution in [1.29, 1.82) is 0 Å². The van der Waals surface area contributed by atoms with Crippen molar-refractivity contribution >= 4 is 23.8 Å². The minimum Gasteiger partial charge on any atom is -0.0654 e. The maximum absolute atomic E-state index is 2.38. The molecule has 0 saturated heterocycles. The van der Waals surface area contributed by atoms with Gasteiger partial charge in [0.05, 0.1) is 0 Å². The first kappa shape index (κ1) is 29.6. The fourth-order valence-electron chi connectivity index (χ4n) is 5.29. The summed E-state index contributed by atoms with van der Waals surface area (Å²) in [7, 11) is -0.493. The maximum atomic E-state index is 2.38. The molecule has 0 bridgehead atoms. The lowest BCUT2D eigenvalue weighted by Gasteiger charge is -2.19. The molecular weight excluding hydrogens is 463 g/mol. The van der Waals surface area contributed by atoms with E-state index in [4.69, 9.17) is 0 Å². The number of benzene rings is 3. The molecule has 0 aliphatic carbocycles. The SMILES string of the molecule is CCCCCCCCCCCCCCCCCCc1ccc(P(c2ccccc2)c2ccccc2)cc1. The van der Waals surface area contributed by atoms with E-state index in [2.05, 4.69) is 91.9 Å². The van der Waals surface area contributed by atoms with E-state index in [1.54, 1.807) is 0 Å². The van der Waals surface area contributed by atoms with Crippen LogP contribution in [-0.2, 0) is 6.42 Å². The van der Waals surface area contributed by atoms with Crippen LogP contribution in [0.25, 0.3) is 0 Å². The molecule has 0 unspecified atom stereocenters. The molecule has 0 heterocycles. The van der Waals surface area contributed by atoms with Gasteiger partial charge in [0.2, 0.25) is 0 Å². The Labute approximate surface area is 230 Å². The number of hydrogen-bond acceptors (Lipinski definition) is 0. The van der Waals surface area contributed by atoms with Crippen molar-refractivity contribution in [2.24, 2.45) is 0 Å². The van der Waals surface area contributed by atoms with Gasteiger partial charge in [-0.2, -0.15) is 0 Å². The van der Waals surface area contributed by atoms with E-state index in [-0.39, 0.29) is 0 Å². The molecule has 0 fully saturated rings. The van der Waals surface area contributed by atoms with Crippen LogP contribution in [0.1, 0.15) is 115 Å². The van der Waals surface area contributed by atoms with E-state index in [0.29, 0.717) is 0 Å². The van der Waals surface area contributed by atoms with Gasteiger partial charge in [-0.15, -0.1) is 0 Å². The van der Waals surface area contributed by atoms with Crippen molar-refractivity contribution in [1.82, 2.24) is 0 Å². The third kappa shape index (κ3) is 12.0. The van der Waals surface area contributed by atoms with Gasteiger partial charge in [0, 0.05) is 0 Å². The summed E-state index contributed by atoms with van der Waals surface area (Å²) in [5.41, 5.74) is 1.49. The summed E-state index contributed by atoms with van der Waals surface area (Å²) < 4.78 is 0. The van der Waals surface area contributed by atoms with Gasteiger partial charge >= 0.3 is 0 Å². The van der Waals surface area contributed by atoms with Crippen LogP contribution in [0.2, 0.25) is 0 Å². The van der Waals surface area contributed by atoms with Crippen molar-refractivity contribution in [3.63, 3.8) is 0 Å². The Morgan fingerprint density at radius 2 is 0.730 bits per heavy atom. The van der Waals surface area contributed by atoms with Crippen LogP contribution >= 0.6 is 7.92 Å². The Balaban J connectivity index is 1.26. The lowest BCUT2D eigenvalue weighted by Crippen LogP contribution is -2.20. The summed E-state index contributed by atoms with van der Waals surface area (Å²) >= 11 is 0. The minimum atomic E-state index is -0.493. The number of rotatable bonds is 20. The Hall–Kier alpha value is -1.91.